The molecule has 2 N–H and O–H groups in total. The molecule has 1 aromatic heterocycles. The van der Waals surface area contributed by atoms with Crippen molar-refractivity contribution in [1.29, 1.82) is 0 Å². The second kappa shape index (κ2) is 6.91. The molecule has 0 spiro atoms. The smallest absolute Gasteiger partial charge is 0.171 e. The zero-order chi connectivity index (χ0) is 15.3. The molecule has 0 amide bonds. The average molecular weight is 317 g/mol. The van der Waals surface area contributed by atoms with Crippen LogP contribution in [0.5, 0.6) is 0 Å². The Morgan fingerprint density at radius 3 is 2.38 bits per heavy atom. The van der Waals surface area contributed by atoms with Crippen LogP contribution in [-0.4, -0.2) is 15.6 Å². The molecule has 0 bridgehead atoms. The van der Waals surface area contributed by atoms with Crippen LogP contribution in [0.4, 0.5) is 5.69 Å². The quantitative estimate of drug-likeness (QED) is 0.825. The number of hydrogen-bond acceptors (Lipinski definition) is 3. The molecule has 0 aliphatic rings. The van der Waals surface area contributed by atoms with Crippen molar-refractivity contribution in [3.63, 3.8) is 0 Å². The Labute approximate surface area is 135 Å². The summed E-state index contributed by atoms with van der Waals surface area (Å²) in [5, 5.41) is 7.91. The lowest BCUT2D eigenvalue weighted by atomic mass is 10.1. The van der Waals surface area contributed by atoms with Gasteiger partial charge in [-0.15, -0.1) is 0 Å². The van der Waals surface area contributed by atoms with Gasteiger partial charge in [0.25, 0.3) is 0 Å². The summed E-state index contributed by atoms with van der Waals surface area (Å²) in [4.78, 5) is 5.61. The van der Waals surface area contributed by atoms with E-state index in [1.165, 1.54) is 4.90 Å². The molecule has 1 aromatic carbocycles. The molecule has 110 valence electrons. The van der Waals surface area contributed by atoms with Crippen LogP contribution in [0.3, 0.4) is 0 Å². The van der Waals surface area contributed by atoms with Crippen molar-refractivity contribution in [3.8, 4) is 0 Å². The molecular weight excluding hydrogens is 298 g/mol. The molecule has 1 heterocycles. The third-order valence-electron chi connectivity index (χ3n) is 2.45. The zero-order valence-electron chi connectivity index (χ0n) is 12.4. The molecule has 0 atom stereocenters. The fraction of sp³-hybridized carbons (Fsp3) is 0.250. The van der Waals surface area contributed by atoms with Crippen molar-refractivity contribution in [2.24, 2.45) is 0 Å². The van der Waals surface area contributed by atoms with Crippen molar-refractivity contribution in [1.82, 2.24) is 10.3 Å². The molecule has 0 unspecified atom stereocenters. The molecule has 0 radical (unpaired) electrons. The molecule has 3 nitrogen and oxygen atoms in total. The standard InChI is InChI=1S/C16H19N3S2/c1-16(2,3)19-15(20)18-12-9-10-14(17-11-12)21-13-7-5-4-6-8-13/h4-11H,1-3H3,(H2,18,19,20). The highest BCUT2D eigenvalue weighted by molar-refractivity contribution is 7.99. The van der Waals surface area contributed by atoms with Gasteiger partial charge in [-0.05, 0) is 57.3 Å². The van der Waals surface area contributed by atoms with Crippen LogP contribution >= 0.6 is 24.0 Å². The molecule has 0 saturated carbocycles. The fourth-order valence-corrected chi connectivity index (χ4v) is 2.83. The highest BCUT2D eigenvalue weighted by Gasteiger charge is 2.11. The number of anilines is 1. The number of nitrogens with one attached hydrogen (secondary N) is 2. The summed E-state index contributed by atoms with van der Waals surface area (Å²) < 4.78 is 0. The minimum atomic E-state index is -0.0549. The average Bonchev–Trinajstić information content (AvgIpc) is 2.40. The predicted octanol–water partition coefficient (Wildman–Crippen LogP) is 4.32. The molecule has 21 heavy (non-hydrogen) atoms. The summed E-state index contributed by atoms with van der Waals surface area (Å²) in [6.07, 6.45) is 1.79. The van der Waals surface area contributed by atoms with Crippen LogP contribution in [0.1, 0.15) is 20.8 Å². The summed E-state index contributed by atoms with van der Waals surface area (Å²) in [5.74, 6) is 0. The maximum Gasteiger partial charge on any atom is 0.171 e. The number of rotatable bonds is 3. The zero-order valence-corrected chi connectivity index (χ0v) is 14.0. The third-order valence-corrected chi connectivity index (χ3v) is 3.61. The van der Waals surface area contributed by atoms with Gasteiger partial charge >= 0.3 is 0 Å². The summed E-state index contributed by atoms with van der Waals surface area (Å²) in [5.41, 5.74) is 0.829. The Hall–Kier alpha value is -1.59. The van der Waals surface area contributed by atoms with E-state index >= 15 is 0 Å². The monoisotopic (exact) mass is 317 g/mol. The minimum absolute atomic E-state index is 0.0549. The summed E-state index contributed by atoms with van der Waals surface area (Å²) in [6.45, 7) is 6.20. The summed E-state index contributed by atoms with van der Waals surface area (Å²) >= 11 is 6.90. The van der Waals surface area contributed by atoms with Crippen molar-refractivity contribution in [2.45, 2.75) is 36.2 Å². The lowest BCUT2D eigenvalue weighted by molar-refractivity contribution is 0.515. The van der Waals surface area contributed by atoms with Crippen LogP contribution in [0.2, 0.25) is 0 Å². The topological polar surface area (TPSA) is 37.0 Å². The number of thiocarbonyl (C=S) groups is 1. The Morgan fingerprint density at radius 1 is 1.10 bits per heavy atom. The SMILES string of the molecule is CC(C)(C)NC(=S)Nc1ccc(Sc2ccccc2)nc1. The first kappa shape index (κ1) is 15.8. The van der Waals surface area contributed by atoms with Gasteiger partial charge in [0.2, 0.25) is 0 Å². The van der Waals surface area contributed by atoms with E-state index in [0.717, 1.165) is 10.7 Å². The fourth-order valence-electron chi connectivity index (χ4n) is 1.63. The molecule has 5 heteroatoms. The van der Waals surface area contributed by atoms with Crippen LogP contribution in [0.25, 0.3) is 0 Å². The highest BCUT2D eigenvalue weighted by atomic mass is 32.2. The minimum Gasteiger partial charge on any atom is -0.358 e. The van der Waals surface area contributed by atoms with Crippen molar-refractivity contribution in [3.05, 3.63) is 48.7 Å². The van der Waals surface area contributed by atoms with Crippen molar-refractivity contribution < 1.29 is 0 Å². The number of aromatic nitrogens is 1. The van der Waals surface area contributed by atoms with E-state index in [-0.39, 0.29) is 5.54 Å². The van der Waals surface area contributed by atoms with Gasteiger partial charge in [0.15, 0.2) is 5.11 Å². The summed E-state index contributed by atoms with van der Waals surface area (Å²) in [6, 6.07) is 14.2. The van der Waals surface area contributed by atoms with E-state index in [1.807, 2.05) is 30.3 Å². The van der Waals surface area contributed by atoms with Crippen LogP contribution in [0, 0.1) is 0 Å². The Balaban J connectivity index is 1.95. The molecule has 0 aliphatic heterocycles. The predicted molar refractivity (Wildman–Crippen MR) is 93.9 cm³/mol. The Morgan fingerprint density at radius 2 is 1.81 bits per heavy atom. The molecule has 0 aliphatic carbocycles. The molecular formula is C16H19N3S2. The van der Waals surface area contributed by atoms with Crippen molar-refractivity contribution >= 4 is 34.8 Å². The third kappa shape index (κ3) is 5.73. The van der Waals surface area contributed by atoms with Crippen molar-refractivity contribution in [2.75, 3.05) is 5.32 Å². The van der Waals surface area contributed by atoms with Gasteiger partial charge in [0.1, 0.15) is 5.03 Å². The lowest BCUT2D eigenvalue weighted by Gasteiger charge is -2.22. The number of nitrogens with zero attached hydrogens (tertiary/aromatic N) is 1. The maximum absolute atomic E-state index is 5.27. The highest BCUT2D eigenvalue weighted by Crippen LogP contribution is 2.25. The van der Waals surface area contributed by atoms with E-state index in [9.17, 15) is 0 Å². The number of pyridine rings is 1. The molecule has 2 rings (SSSR count). The van der Waals surface area contributed by atoms with E-state index in [0.29, 0.717) is 5.11 Å². The van der Waals surface area contributed by atoms with E-state index in [2.05, 4.69) is 48.5 Å². The Bertz CT molecular complexity index is 589. The van der Waals surface area contributed by atoms with Gasteiger partial charge in [0.05, 0.1) is 11.9 Å². The van der Waals surface area contributed by atoms with E-state index < -0.39 is 0 Å². The molecule has 2 aromatic rings. The van der Waals surface area contributed by atoms with Crippen LogP contribution in [-0.2, 0) is 0 Å². The van der Waals surface area contributed by atoms with E-state index in [4.69, 9.17) is 12.2 Å². The second-order valence-electron chi connectivity index (χ2n) is 5.63. The van der Waals surface area contributed by atoms with Gasteiger partial charge in [0, 0.05) is 10.4 Å². The van der Waals surface area contributed by atoms with Gasteiger partial charge in [-0.1, -0.05) is 30.0 Å². The van der Waals surface area contributed by atoms with Crippen LogP contribution in [0.15, 0.2) is 58.6 Å². The van der Waals surface area contributed by atoms with Gasteiger partial charge in [-0.2, -0.15) is 0 Å². The first-order valence-electron chi connectivity index (χ1n) is 6.70. The van der Waals surface area contributed by atoms with Gasteiger partial charge in [-0.3, -0.25) is 0 Å². The maximum atomic E-state index is 5.27. The van der Waals surface area contributed by atoms with Gasteiger partial charge < -0.3 is 10.6 Å². The number of hydrogen-bond donors (Lipinski definition) is 2. The normalized spacial score (nSPS) is 11.0. The Kier molecular flexibility index (Phi) is 5.20. The van der Waals surface area contributed by atoms with Crippen LogP contribution < -0.4 is 10.6 Å². The van der Waals surface area contributed by atoms with Gasteiger partial charge in [-0.25, -0.2) is 4.98 Å². The molecule has 0 saturated heterocycles. The largest absolute Gasteiger partial charge is 0.358 e. The summed E-state index contributed by atoms with van der Waals surface area (Å²) in [7, 11) is 0. The first-order valence-corrected chi connectivity index (χ1v) is 7.93. The number of benzene rings is 1. The lowest BCUT2D eigenvalue weighted by Crippen LogP contribution is -2.42. The van der Waals surface area contributed by atoms with E-state index in [1.54, 1.807) is 18.0 Å². The first-order chi connectivity index (χ1) is 9.92. The second-order valence-corrected chi connectivity index (χ2v) is 7.13. The molecule has 0 fully saturated rings.